The van der Waals surface area contributed by atoms with Crippen molar-refractivity contribution in [3.05, 3.63) is 30.3 Å². The maximum absolute atomic E-state index is 4.71. The van der Waals surface area contributed by atoms with Crippen LogP contribution in [0.3, 0.4) is 0 Å². The molecule has 1 saturated heterocycles. The Kier molecular flexibility index (Phi) is 8.15. The van der Waals surface area contributed by atoms with Crippen LogP contribution in [0.2, 0.25) is 0 Å². The molecule has 1 aliphatic rings. The van der Waals surface area contributed by atoms with E-state index in [0.717, 1.165) is 45.0 Å². The molecule has 1 heterocycles. The molecule has 2 rings (SSSR count). The summed E-state index contributed by atoms with van der Waals surface area (Å²) in [5.41, 5.74) is 1.32. The minimum atomic E-state index is 0.471. The van der Waals surface area contributed by atoms with Gasteiger partial charge in [-0.3, -0.25) is 4.99 Å². The molecular formula is C18H30N4S. The largest absolute Gasteiger partial charge is 0.369 e. The van der Waals surface area contributed by atoms with Gasteiger partial charge in [-0.25, -0.2) is 0 Å². The highest BCUT2D eigenvalue weighted by molar-refractivity contribution is 7.98. The average molecular weight is 335 g/mol. The first-order valence-electron chi connectivity index (χ1n) is 8.67. The highest BCUT2D eigenvalue weighted by Gasteiger charge is 2.23. The lowest BCUT2D eigenvalue weighted by atomic mass is 10.2. The normalized spacial score (nSPS) is 18.3. The summed E-state index contributed by atoms with van der Waals surface area (Å²) in [7, 11) is 0. The van der Waals surface area contributed by atoms with Crippen molar-refractivity contribution in [3.8, 4) is 0 Å². The number of unbranched alkanes of at least 4 members (excludes halogenated alkanes) is 1. The second-order valence-corrected chi connectivity index (χ2v) is 6.86. The number of hydrogen-bond acceptors (Lipinski definition) is 3. The molecule has 1 aromatic carbocycles. The highest BCUT2D eigenvalue weighted by Crippen LogP contribution is 2.19. The molecule has 4 nitrogen and oxygen atoms in total. The van der Waals surface area contributed by atoms with E-state index in [1.54, 1.807) is 0 Å². The maximum Gasteiger partial charge on any atom is 0.191 e. The minimum absolute atomic E-state index is 0.471. The van der Waals surface area contributed by atoms with Gasteiger partial charge in [-0.15, -0.1) is 0 Å². The molecule has 23 heavy (non-hydrogen) atoms. The number of nitrogens with zero attached hydrogens (tertiary/aromatic N) is 2. The van der Waals surface area contributed by atoms with E-state index in [2.05, 4.69) is 59.0 Å². The summed E-state index contributed by atoms with van der Waals surface area (Å²) in [6, 6.07) is 11.1. The number of nitrogens with one attached hydrogen (secondary N) is 2. The van der Waals surface area contributed by atoms with Crippen LogP contribution in [0.4, 0.5) is 5.69 Å². The summed E-state index contributed by atoms with van der Waals surface area (Å²) in [6.45, 7) is 6.09. The van der Waals surface area contributed by atoms with Crippen LogP contribution in [0.5, 0.6) is 0 Å². The number of hydrogen-bond donors (Lipinski definition) is 2. The van der Waals surface area contributed by atoms with Gasteiger partial charge in [0.25, 0.3) is 0 Å². The quantitative estimate of drug-likeness (QED) is 0.436. The first kappa shape index (κ1) is 18.0. The number of benzene rings is 1. The van der Waals surface area contributed by atoms with Gasteiger partial charge in [-0.1, -0.05) is 18.2 Å². The summed E-state index contributed by atoms with van der Waals surface area (Å²) in [6.07, 6.45) is 5.73. The first-order valence-corrected chi connectivity index (χ1v) is 10.1. The summed E-state index contributed by atoms with van der Waals surface area (Å²) in [5.74, 6) is 2.20. The number of para-hydroxylation sites is 1. The lowest BCUT2D eigenvalue weighted by Crippen LogP contribution is -2.44. The van der Waals surface area contributed by atoms with Gasteiger partial charge >= 0.3 is 0 Å². The van der Waals surface area contributed by atoms with Crippen molar-refractivity contribution in [2.24, 2.45) is 4.99 Å². The van der Waals surface area contributed by atoms with E-state index in [-0.39, 0.29) is 0 Å². The molecule has 0 saturated carbocycles. The molecule has 0 amide bonds. The first-order chi connectivity index (χ1) is 11.3. The lowest BCUT2D eigenvalue weighted by molar-refractivity contribution is 0.647. The summed E-state index contributed by atoms with van der Waals surface area (Å²) >= 11 is 1.91. The van der Waals surface area contributed by atoms with E-state index >= 15 is 0 Å². The zero-order chi connectivity index (χ0) is 16.3. The lowest BCUT2D eigenvalue weighted by Gasteiger charge is -2.20. The molecule has 128 valence electrons. The second kappa shape index (κ2) is 10.4. The van der Waals surface area contributed by atoms with Crippen molar-refractivity contribution in [2.75, 3.05) is 43.1 Å². The van der Waals surface area contributed by atoms with Crippen LogP contribution >= 0.6 is 11.8 Å². The van der Waals surface area contributed by atoms with Crippen molar-refractivity contribution in [2.45, 2.75) is 32.2 Å². The third-order valence-corrected chi connectivity index (χ3v) is 4.72. The zero-order valence-electron chi connectivity index (χ0n) is 14.4. The number of anilines is 1. The third-order valence-electron chi connectivity index (χ3n) is 4.02. The van der Waals surface area contributed by atoms with Gasteiger partial charge in [0, 0.05) is 37.9 Å². The van der Waals surface area contributed by atoms with Crippen LogP contribution in [0.25, 0.3) is 0 Å². The molecular weight excluding hydrogens is 304 g/mol. The standard InChI is InChI=1S/C18H30N4S/c1-3-19-18(20-12-7-8-14-23-2)21-16-11-13-22(15-16)17-9-5-4-6-10-17/h4-6,9-10,16H,3,7-8,11-15H2,1-2H3,(H2,19,20,21). The second-order valence-electron chi connectivity index (χ2n) is 5.87. The van der Waals surface area contributed by atoms with E-state index in [4.69, 9.17) is 4.99 Å². The number of guanidine groups is 1. The van der Waals surface area contributed by atoms with Gasteiger partial charge in [-0.05, 0) is 50.3 Å². The van der Waals surface area contributed by atoms with Crippen molar-refractivity contribution in [3.63, 3.8) is 0 Å². The van der Waals surface area contributed by atoms with Crippen LogP contribution in [0.1, 0.15) is 26.2 Å². The number of rotatable bonds is 8. The zero-order valence-corrected chi connectivity index (χ0v) is 15.2. The van der Waals surface area contributed by atoms with Gasteiger partial charge < -0.3 is 15.5 Å². The summed E-state index contributed by atoms with van der Waals surface area (Å²) < 4.78 is 0. The predicted molar refractivity (Wildman–Crippen MR) is 104 cm³/mol. The molecule has 5 heteroatoms. The van der Waals surface area contributed by atoms with E-state index < -0.39 is 0 Å². The van der Waals surface area contributed by atoms with E-state index in [9.17, 15) is 0 Å². The summed E-state index contributed by atoms with van der Waals surface area (Å²) in [5, 5.41) is 6.97. The van der Waals surface area contributed by atoms with Crippen LogP contribution < -0.4 is 15.5 Å². The molecule has 0 spiro atoms. The molecule has 1 aromatic rings. The Hall–Kier alpha value is -1.36. The minimum Gasteiger partial charge on any atom is -0.369 e. The molecule has 1 aliphatic heterocycles. The molecule has 0 aromatic heterocycles. The fourth-order valence-electron chi connectivity index (χ4n) is 2.81. The van der Waals surface area contributed by atoms with Gasteiger partial charge in [0.15, 0.2) is 5.96 Å². The van der Waals surface area contributed by atoms with Crippen LogP contribution in [0, 0.1) is 0 Å². The monoisotopic (exact) mass is 334 g/mol. The molecule has 1 unspecified atom stereocenters. The van der Waals surface area contributed by atoms with Crippen molar-refractivity contribution in [1.29, 1.82) is 0 Å². The fourth-order valence-corrected chi connectivity index (χ4v) is 3.31. The van der Waals surface area contributed by atoms with E-state index in [1.807, 2.05) is 11.8 Å². The Morgan fingerprint density at radius 1 is 1.30 bits per heavy atom. The molecule has 0 bridgehead atoms. The number of aliphatic imine (C=N–C) groups is 1. The summed E-state index contributed by atoms with van der Waals surface area (Å²) in [4.78, 5) is 7.16. The molecule has 0 radical (unpaired) electrons. The predicted octanol–water partition coefficient (Wildman–Crippen LogP) is 2.96. The highest BCUT2D eigenvalue weighted by atomic mass is 32.2. The Bertz CT molecular complexity index is 463. The molecule has 0 aliphatic carbocycles. The third kappa shape index (κ3) is 6.34. The molecule has 2 N–H and O–H groups in total. The molecule has 1 fully saturated rings. The van der Waals surface area contributed by atoms with E-state index in [1.165, 1.54) is 17.9 Å². The van der Waals surface area contributed by atoms with Crippen molar-refractivity contribution < 1.29 is 0 Å². The fraction of sp³-hybridized carbons (Fsp3) is 0.611. The Labute approximate surface area is 145 Å². The number of thioether (sulfide) groups is 1. The van der Waals surface area contributed by atoms with Crippen molar-refractivity contribution in [1.82, 2.24) is 10.6 Å². The van der Waals surface area contributed by atoms with Gasteiger partial charge in [0.1, 0.15) is 0 Å². The topological polar surface area (TPSA) is 39.7 Å². The Morgan fingerprint density at radius 2 is 2.13 bits per heavy atom. The van der Waals surface area contributed by atoms with Crippen LogP contribution in [-0.2, 0) is 0 Å². The van der Waals surface area contributed by atoms with E-state index in [0.29, 0.717) is 6.04 Å². The van der Waals surface area contributed by atoms with Crippen LogP contribution in [0.15, 0.2) is 35.3 Å². The van der Waals surface area contributed by atoms with Gasteiger partial charge in [0.2, 0.25) is 0 Å². The van der Waals surface area contributed by atoms with Crippen molar-refractivity contribution >= 4 is 23.4 Å². The Morgan fingerprint density at radius 3 is 2.87 bits per heavy atom. The Balaban J connectivity index is 1.80. The SMILES string of the molecule is CCNC(=NCCCCSC)NC1CCN(c2ccccc2)C1. The van der Waals surface area contributed by atoms with Gasteiger partial charge in [0.05, 0.1) is 0 Å². The van der Waals surface area contributed by atoms with Gasteiger partial charge in [-0.2, -0.15) is 11.8 Å². The smallest absolute Gasteiger partial charge is 0.191 e. The average Bonchev–Trinajstić information content (AvgIpc) is 3.04. The molecule has 1 atom stereocenters. The van der Waals surface area contributed by atoms with Crippen LogP contribution in [-0.4, -0.2) is 50.2 Å². The maximum atomic E-state index is 4.71.